The van der Waals surface area contributed by atoms with Crippen LogP contribution in [-0.4, -0.2) is 17.1 Å². The number of hydrogen-bond acceptors (Lipinski definition) is 3. The summed E-state index contributed by atoms with van der Waals surface area (Å²) < 4.78 is 4.95. The predicted octanol–water partition coefficient (Wildman–Crippen LogP) is 1.61. The summed E-state index contributed by atoms with van der Waals surface area (Å²) in [6, 6.07) is 1.85. The molecule has 0 spiro atoms. The van der Waals surface area contributed by atoms with Crippen LogP contribution < -0.4 is 4.74 Å². The fourth-order valence-corrected chi connectivity index (χ4v) is 0.781. The molecule has 1 heterocycles. The van der Waals surface area contributed by atoms with Crippen molar-refractivity contribution in [3.8, 4) is 5.88 Å². The zero-order chi connectivity index (χ0) is 8.27. The summed E-state index contributed by atoms with van der Waals surface area (Å²) in [5, 5.41) is 0. The maximum Gasteiger partial charge on any atom is 0.216 e. The van der Waals surface area contributed by atoms with Gasteiger partial charge >= 0.3 is 0 Å². The lowest BCUT2D eigenvalue weighted by Gasteiger charge is -2.04. The van der Waals surface area contributed by atoms with Crippen molar-refractivity contribution in [2.24, 2.45) is 0 Å². The average Bonchev–Trinajstić information content (AvgIpc) is 2.05. The van der Waals surface area contributed by atoms with Gasteiger partial charge in [-0.05, 0) is 5.92 Å². The normalized spacial score (nSPS) is 10.2. The fraction of sp³-hybridized carbons (Fsp3) is 0.500. The number of aromatic nitrogens is 2. The Morgan fingerprint density at radius 1 is 1.36 bits per heavy atom. The van der Waals surface area contributed by atoms with Gasteiger partial charge in [-0.3, -0.25) is 0 Å². The molecule has 0 saturated heterocycles. The number of hydrogen-bond donors (Lipinski definition) is 0. The molecule has 0 bridgehead atoms. The van der Waals surface area contributed by atoms with Gasteiger partial charge in [0.05, 0.1) is 12.8 Å². The summed E-state index contributed by atoms with van der Waals surface area (Å²) in [6.07, 6.45) is 1.52. The van der Waals surface area contributed by atoms with Gasteiger partial charge in [-0.1, -0.05) is 13.8 Å². The number of ether oxygens (including phenoxy) is 1. The summed E-state index contributed by atoms with van der Waals surface area (Å²) in [4.78, 5) is 8.00. The lowest BCUT2D eigenvalue weighted by atomic mass is 10.1. The van der Waals surface area contributed by atoms with Crippen LogP contribution in [0.1, 0.15) is 25.5 Å². The minimum atomic E-state index is 0.423. The molecule has 1 aromatic heterocycles. The van der Waals surface area contributed by atoms with Crippen molar-refractivity contribution in [2.75, 3.05) is 7.11 Å². The number of methoxy groups -OCH3 is 1. The first-order chi connectivity index (χ1) is 5.24. The van der Waals surface area contributed by atoms with Gasteiger partial charge in [0.15, 0.2) is 0 Å². The molecule has 0 saturated carbocycles. The van der Waals surface area contributed by atoms with Crippen LogP contribution in [0.5, 0.6) is 5.88 Å². The minimum absolute atomic E-state index is 0.423. The second-order valence-corrected chi connectivity index (χ2v) is 2.64. The molecule has 3 heteroatoms. The van der Waals surface area contributed by atoms with Crippen LogP contribution >= 0.6 is 0 Å². The fourth-order valence-electron chi connectivity index (χ4n) is 0.781. The third kappa shape index (κ3) is 1.90. The Hall–Kier alpha value is -1.12. The monoisotopic (exact) mass is 152 g/mol. The molecule has 0 aliphatic heterocycles. The molecule has 1 rings (SSSR count). The van der Waals surface area contributed by atoms with Gasteiger partial charge in [0, 0.05) is 6.07 Å². The van der Waals surface area contributed by atoms with Crippen LogP contribution in [0.15, 0.2) is 12.4 Å². The molecule has 0 radical (unpaired) electrons. The van der Waals surface area contributed by atoms with E-state index in [2.05, 4.69) is 23.8 Å². The SMILES string of the molecule is COc1cc(C(C)C)ncn1. The molecular formula is C8H12N2O. The van der Waals surface area contributed by atoms with E-state index in [0.29, 0.717) is 11.8 Å². The van der Waals surface area contributed by atoms with Crippen LogP contribution in [-0.2, 0) is 0 Å². The lowest BCUT2D eigenvalue weighted by molar-refractivity contribution is 0.395. The van der Waals surface area contributed by atoms with Crippen molar-refractivity contribution in [3.63, 3.8) is 0 Å². The van der Waals surface area contributed by atoms with Crippen molar-refractivity contribution in [3.05, 3.63) is 18.1 Å². The first kappa shape index (κ1) is 7.98. The molecule has 0 amide bonds. The topological polar surface area (TPSA) is 35.0 Å². The van der Waals surface area contributed by atoms with E-state index in [1.807, 2.05) is 6.07 Å². The Kier molecular flexibility index (Phi) is 2.41. The molecule has 0 N–H and O–H groups in total. The standard InChI is InChI=1S/C8H12N2O/c1-6(2)7-4-8(11-3)10-5-9-7/h4-6H,1-3H3. The molecule has 11 heavy (non-hydrogen) atoms. The second kappa shape index (κ2) is 3.32. The van der Waals surface area contributed by atoms with Gasteiger partial charge < -0.3 is 4.74 Å². The van der Waals surface area contributed by atoms with Crippen LogP contribution in [0.4, 0.5) is 0 Å². The average molecular weight is 152 g/mol. The summed E-state index contributed by atoms with van der Waals surface area (Å²) in [5.41, 5.74) is 1.01. The van der Waals surface area contributed by atoms with Crippen molar-refractivity contribution >= 4 is 0 Å². The maximum atomic E-state index is 4.95. The molecule has 1 aromatic rings. The third-order valence-electron chi connectivity index (χ3n) is 1.46. The highest BCUT2D eigenvalue weighted by Gasteiger charge is 2.01. The summed E-state index contributed by atoms with van der Waals surface area (Å²) in [6.45, 7) is 4.17. The second-order valence-electron chi connectivity index (χ2n) is 2.64. The molecule has 0 aliphatic rings. The minimum Gasteiger partial charge on any atom is -0.481 e. The Balaban J connectivity index is 2.91. The Morgan fingerprint density at radius 2 is 2.09 bits per heavy atom. The Morgan fingerprint density at radius 3 is 2.64 bits per heavy atom. The van der Waals surface area contributed by atoms with E-state index in [9.17, 15) is 0 Å². The van der Waals surface area contributed by atoms with E-state index in [1.165, 1.54) is 6.33 Å². The van der Waals surface area contributed by atoms with E-state index in [0.717, 1.165) is 5.69 Å². The highest BCUT2D eigenvalue weighted by atomic mass is 16.5. The quantitative estimate of drug-likeness (QED) is 0.645. The van der Waals surface area contributed by atoms with Gasteiger partial charge in [0.1, 0.15) is 6.33 Å². The van der Waals surface area contributed by atoms with Gasteiger partial charge in [-0.2, -0.15) is 0 Å². The van der Waals surface area contributed by atoms with E-state index < -0.39 is 0 Å². The summed E-state index contributed by atoms with van der Waals surface area (Å²) >= 11 is 0. The van der Waals surface area contributed by atoms with E-state index >= 15 is 0 Å². The Bertz CT molecular complexity index is 235. The third-order valence-corrected chi connectivity index (χ3v) is 1.46. The van der Waals surface area contributed by atoms with Crippen LogP contribution in [0.2, 0.25) is 0 Å². The number of nitrogens with zero attached hydrogens (tertiary/aromatic N) is 2. The smallest absolute Gasteiger partial charge is 0.216 e. The summed E-state index contributed by atoms with van der Waals surface area (Å²) in [7, 11) is 1.60. The molecule has 0 unspecified atom stereocenters. The molecule has 0 aliphatic carbocycles. The molecule has 3 nitrogen and oxygen atoms in total. The van der Waals surface area contributed by atoms with Gasteiger partial charge in [-0.15, -0.1) is 0 Å². The molecule has 0 atom stereocenters. The van der Waals surface area contributed by atoms with E-state index in [-0.39, 0.29) is 0 Å². The van der Waals surface area contributed by atoms with Crippen molar-refractivity contribution in [1.82, 2.24) is 9.97 Å². The van der Waals surface area contributed by atoms with Gasteiger partial charge in [-0.25, -0.2) is 9.97 Å². The highest BCUT2D eigenvalue weighted by Crippen LogP contribution is 2.14. The van der Waals surface area contributed by atoms with E-state index in [1.54, 1.807) is 7.11 Å². The first-order valence-electron chi connectivity index (χ1n) is 3.60. The predicted molar refractivity (Wildman–Crippen MR) is 42.7 cm³/mol. The zero-order valence-electron chi connectivity index (χ0n) is 7.03. The number of rotatable bonds is 2. The van der Waals surface area contributed by atoms with Gasteiger partial charge in [0.25, 0.3) is 0 Å². The summed E-state index contributed by atoms with van der Waals surface area (Å²) in [5.74, 6) is 1.05. The van der Waals surface area contributed by atoms with Crippen molar-refractivity contribution < 1.29 is 4.74 Å². The van der Waals surface area contributed by atoms with Gasteiger partial charge in [0.2, 0.25) is 5.88 Å². The van der Waals surface area contributed by atoms with Crippen LogP contribution in [0.3, 0.4) is 0 Å². The molecule has 0 aromatic carbocycles. The van der Waals surface area contributed by atoms with E-state index in [4.69, 9.17) is 4.74 Å². The highest BCUT2D eigenvalue weighted by molar-refractivity contribution is 5.15. The lowest BCUT2D eigenvalue weighted by Crippen LogP contribution is -1.95. The zero-order valence-corrected chi connectivity index (χ0v) is 7.03. The maximum absolute atomic E-state index is 4.95. The largest absolute Gasteiger partial charge is 0.481 e. The molecule has 60 valence electrons. The Labute approximate surface area is 66.4 Å². The van der Waals surface area contributed by atoms with Crippen LogP contribution in [0.25, 0.3) is 0 Å². The van der Waals surface area contributed by atoms with Crippen molar-refractivity contribution in [2.45, 2.75) is 19.8 Å². The molecular weight excluding hydrogens is 140 g/mol. The van der Waals surface area contributed by atoms with Crippen molar-refractivity contribution in [1.29, 1.82) is 0 Å². The van der Waals surface area contributed by atoms with Crippen LogP contribution in [0, 0.1) is 0 Å². The molecule has 0 fully saturated rings. The first-order valence-corrected chi connectivity index (χ1v) is 3.60.